The summed E-state index contributed by atoms with van der Waals surface area (Å²) in [5.74, 6) is 0.0432. The summed E-state index contributed by atoms with van der Waals surface area (Å²) in [6.45, 7) is 10.3. The Kier molecular flexibility index (Phi) is 6.25. The van der Waals surface area contributed by atoms with E-state index in [2.05, 4.69) is 40.6 Å². The number of nitrogens with one attached hydrogen (secondary N) is 2. The largest absolute Gasteiger partial charge is 0.348 e. The van der Waals surface area contributed by atoms with E-state index in [1.807, 2.05) is 40.8 Å². The summed E-state index contributed by atoms with van der Waals surface area (Å²) in [6, 6.07) is 6.28. The number of carbonyl (C=O) groups excluding carboxylic acids is 2. The summed E-state index contributed by atoms with van der Waals surface area (Å²) < 4.78 is 0. The molecule has 2 N–H and O–H groups in total. The Morgan fingerprint density at radius 2 is 2.00 bits per heavy atom. The third-order valence-electron chi connectivity index (χ3n) is 5.94. The van der Waals surface area contributed by atoms with Crippen molar-refractivity contribution in [3.05, 3.63) is 63.5 Å². The molecule has 0 atom stereocenters. The number of benzene rings is 1. The molecule has 158 valence electrons. The van der Waals surface area contributed by atoms with E-state index >= 15 is 0 Å². The first-order valence-corrected chi connectivity index (χ1v) is 10.3. The number of aromatic nitrogens is 2. The van der Waals surface area contributed by atoms with Gasteiger partial charge in [-0.2, -0.15) is 5.10 Å². The van der Waals surface area contributed by atoms with Crippen molar-refractivity contribution < 1.29 is 9.59 Å². The van der Waals surface area contributed by atoms with Crippen LogP contribution < -0.4 is 10.2 Å². The quantitative estimate of drug-likeness (QED) is 0.734. The zero-order valence-electron chi connectivity index (χ0n) is 18.6. The van der Waals surface area contributed by atoms with E-state index in [9.17, 15) is 9.59 Å². The molecule has 1 aliphatic heterocycles. The lowest BCUT2D eigenvalue weighted by Crippen LogP contribution is -2.31. The van der Waals surface area contributed by atoms with Crippen LogP contribution in [0.15, 0.2) is 35.4 Å². The van der Waals surface area contributed by atoms with Crippen LogP contribution in [0, 0.1) is 13.8 Å². The maximum absolute atomic E-state index is 12.6. The summed E-state index contributed by atoms with van der Waals surface area (Å²) in [5, 5.41) is 9.96. The highest BCUT2D eigenvalue weighted by atomic mass is 16.2. The maximum Gasteiger partial charge on any atom is 0.255 e. The second kappa shape index (κ2) is 8.69. The molecule has 2 heterocycles. The molecule has 0 aliphatic carbocycles. The highest BCUT2D eigenvalue weighted by Crippen LogP contribution is 2.32. The van der Waals surface area contributed by atoms with Crippen LogP contribution in [-0.2, 0) is 11.2 Å². The van der Waals surface area contributed by atoms with Crippen LogP contribution in [-0.4, -0.2) is 35.6 Å². The minimum Gasteiger partial charge on any atom is -0.348 e. The molecule has 6 heteroatoms. The zero-order valence-corrected chi connectivity index (χ0v) is 18.6. The van der Waals surface area contributed by atoms with Crippen molar-refractivity contribution in [3.8, 4) is 0 Å². The zero-order chi connectivity index (χ0) is 22.0. The first-order valence-electron chi connectivity index (χ1n) is 10.3. The number of allylic oxidation sites excluding steroid dienone is 3. The van der Waals surface area contributed by atoms with E-state index in [0.717, 1.165) is 40.1 Å². The molecule has 0 fully saturated rings. The number of rotatable bonds is 5. The second-order valence-electron chi connectivity index (χ2n) is 7.90. The number of amides is 2. The van der Waals surface area contributed by atoms with Gasteiger partial charge in [0.15, 0.2) is 0 Å². The van der Waals surface area contributed by atoms with Crippen LogP contribution in [0.2, 0.25) is 0 Å². The van der Waals surface area contributed by atoms with Gasteiger partial charge in [-0.15, -0.1) is 0 Å². The van der Waals surface area contributed by atoms with Crippen LogP contribution >= 0.6 is 0 Å². The molecule has 30 heavy (non-hydrogen) atoms. The Labute approximate surface area is 178 Å². The molecule has 1 aromatic carbocycles. The fraction of sp³-hybridized carbons (Fsp3) is 0.375. The predicted octanol–water partition coefficient (Wildman–Crippen LogP) is 4.11. The number of aromatic amines is 1. The van der Waals surface area contributed by atoms with E-state index in [4.69, 9.17) is 0 Å². The molecular formula is C24H30N4O2. The minimum atomic E-state index is -0.116. The lowest BCUT2D eigenvalue weighted by atomic mass is 9.91. The van der Waals surface area contributed by atoms with Crippen molar-refractivity contribution in [1.82, 2.24) is 15.5 Å². The number of H-pyrrole nitrogens is 1. The average Bonchev–Trinajstić information content (AvgIpc) is 3.07. The number of hydrogen-bond acceptors (Lipinski definition) is 3. The van der Waals surface area contributed by atoms with Crippen LogP contribution in [0.3, 0.4) is 0 Å². The van der Waals surface area contributed by atoms with Crippen LogP contribution in [0.4, 0.5) is 5.69 Å². The Balaban J connectivity index is 1.80. The van der Waals surface area contributed by atoms with E-state index < -0.39 is 0 Å². The maximum atomic E-state index is 12.6. The van der Waals surface area contributed by atoms with Crippen LogP contribution in [0.5, 0.6) is 0 Å². The van der Waals surface area contributed by atoms with E-state index in [1.165, 1.54) is 5.56 Å². The summed E-state index contributed by atoms with van der Waals surface area (Å²) in [4.78, 5) is 26.2. The average molecular weight is 407 g/mol. The van der Waals surface area contributed by atoms with Crippen molar-refractivity contribution in [2.75, 3.05) is 18.5 Å². The first kappa shape index (κ1) is 21.6. The Morgan fingerprint density at radius 1 is 1.27 bits per heavy atom. The van der Waals surface area contributed by atoms with Gasteiger partial charge in [0, 0.05) is 31.4 Å². The van der Waals surface area contributed by atoms with Crippen molar-refractivity contribution in [2.24, 2.45) is 0 Å². The fourth-order valence-corrected chi connectivity index (χ4v) is 3.97. The first-order chi connectivity index (χ1) is 14.2. The normalized spacial score (nSPS) is 15.1. The number of fused-ring (bicyclic) bond motifs is 1. The SMILES string of the molecule is CC=C(C(C)=C(C)CNC(=O)c1c(C)n[nH]c1C)c1ccc2c(c1)CCC(=O)N2C. The smallest absolute Gasteiger partial charge is 0.255 e. The predicted molar refractivity (Wildman–Crippen MR) is 121 cm³/mol. The molecule has 0 saturated heterocycles. The molecule has 0 saturated carbocycles. The summed E-state index contributed by atoms with van der Waals surface area (Å²) in [7, 11) is 1.83. The van der Waals surface area contributed by atoms with Gasteiger partial charge in [0.05, 0.1) is 11.3 Å². The summed E-state index contributed by atoms with van der Waals surface area (Å²) in [6.07, 6.45) is 3.42. The molecule has 0 spiro atoms. The molecule has 0 radical (unpaired) electrons. The van der Waals surface area contributed by atoms with E-state index in [1.54, 1.807) is 4.90 Å². The number of carbonyl (C=O) groups is 2. The number of anilines is 1. The van der Waals surface area contributed by atoms with Crippen LogP contribution in [0.1, 0.15) is 60.1 Å². The number of aryl methyl sites for hydroxylation is 3. The lowest BCUT2D eigenvalue weighted by molar-refractivity contribution is -0.118. The standard InChI is InChI=1S/C24H30N4O2/c1-7-20(18-8-10-21-19(12-18)9-11-22(29)28(21)6)15(3)14(2)13-25-24(30)23-16(4)26-27-17(23)5/h7-8,10,12H,9,11,13H2,1-6H3,(H,25,30)(H,26,27). The summed E-state index contributed by atoms with van der Waals surface area (Å²) >= 11 is 0. The third kappa shape index (κ3) is 4.08. The van der Waals surface area contributed by atoms with Crippen molar-refractivity contribution in [2.45, 2.75) is 47.5 Å². The van der Waals surface area contributed by atoms with Gasteiger partial charge in [0.1, 0.15) is 0 Å². The Morgan fingerprint density at radius 3 is 2.63 bits per heavy atom. The Bertz CT molecular complexity index is 1040. The fourth-order valence-electron chi connectivity index (χ4n) is 3.97. The monoisotopic (exact) mass is 406 g/mol. The van der Waals surface area contributed by atoms with Gasteiger partial charge in [-0.1, -0.05) is 17.7 Å². The Hall–Kier alpha value is -3.15. The third-order valence-corrected chi connectivity index (χ3v) is 5.94. The molecule has 1 aromatic heterocycles. The summed E-state index contributed by atoms with van der Waals surface area (Å²) in [5.41, 5.74) is 8.77. The number of nitrogens with zero attached hydrogens (tertiary/aromatic N) is 2. The molecule has 3 rings (SSSR count). The molecular weight excluding hydrogens is 376 g/mol. The highest BCUT2D eigenvalue weighted by Gasteiger charge is 2.21. The van der Waals surface area contributed by atoms with Gasteiger partial charge in [-0.3, -0.25) is 14.7 Å². The molecule has 0 unspecified atom stereocenters. The lowest BCUT2D eigenvalue weighted by Gasteiger charge is -2.26. The van der Waals surface area contributed by atoms with Crippen molar-refractivity contribution in [3.63, 3.8) is 0 Å². The minimum absolute atomic E-state index is 0.116. The second-order valence-corrected chi connectivity index (χ2v) is 7.90. The topological polar surface area (TPSA) is 78.1 Å². The van der Waals surface area contributed by atoms with Crippen LogP contribution in [0.25, 0.3) is 5.57 Å². The highest BCUT2D eigenvalue weighted by molar-refractivity contribution is 5.97. The van der Waals surface area contributed by atoms with Gasteiger partial charge in [-0.05, 0) is 75.4 Å². The van der Waals surface area contributed by atoms with Gasteiger partial charge < -0.3 is 10.2 Å². The molecule has 2 aromatic rings. The van der Waals surface area contributed by atoms with Gasteiger partial charge in [0.2, 0.25) is 5.91 Å². The van der Waals surface area contributed by atoms with Crippen molar-refractivity contribution in [1.29, 1.82) is 0 Å². The van der Waals surface area contributed by atoms with Gasteiger partial charge in [0.25, 0.3) is 5.91 Å². The van der Waals surface area contributed by atoms with E-state index in [0.29, 0.717) is 24.2 Å². The van der Waals surface area contributed by atoms with E-state index in [-0.39, 0.29) is 11.8 Å². The number of hydrogen-bond donors (Lipinski definition) is 2. The van der Waals surface area contributed by atoms with Gasteiger partial charge >= 0.3 is 0 Å². The van der Waals surface area contributed by atoms with Gasteiger partial charge in [-0.25, -0.2) is 0 Å². The molecule has 6 nitrogen and oxygen atoms in total. The molecule has 2 amide bonds. The van der Waals surface area contributed by atoms with Crippen molar-refractivity contribution >= 4 is 23.1 Å². The molecule has 0 bridgehead atoms. The molecule has 1 aliphatic rings.